The number of hydrogen-bond acceptors (Lipinski definition) is 6. The van der Waals surface area contributed by atoms with E-state index in [4.69, 9.17) is 4.74 Å². The maximum Gasteiger partial charge on any atom is 0.262 e. The van der Waals surface area contributed by atoms with E-state index in [0.29, 0.717) is 18.6 Å². The van der Waals surface area contributed by atoms with Crippen LogP contribution in [-0.2, 0) is 19.9 Å². The number of methoxy groups -OCH3 is 1. The molecule has 8 nitrogen and oxygen atoms in total. The third kappa shape index (κ3) is 4.87. The van der Waals surface area contributed by atoms with E-state index in [1.807, 2.05) is 0 Å². The van der Waals surface area contributed by atoms with Crippen molar-refractivity contribution in [2.45, 2.75) is 17.4 Å². The Balaban J connectivity index is 1.85. The molecule has 3 rings (SSSR count). The molecule has 1 aliphatic rings. The molecular weight excluding hydrogens is 442 g/mol. The first-order valence-corrected chi connectivity index (χ1v) is 12.0. The van der Waals surface area contributed by atoms with Gasteiger partial charge in [0.05, 0.1) is 29.2 Å². The van der Waals surface area contributed by atoms with Crippen molar-refractivity contribution in [1.29, 1.82) is 0 Å². The molecule has 1 heterocycles. The summed E-state index contributed by atoms with van der Waals surface area (Å²) >= 11 is 0. The normalized spacial score (nSPS) is 18.0. The molecule has 0 bridgehead atoms. The molecule has 1 saturated heterocycles. The lowest BCUT2D eigenvalue weighted by atomic mass is 10.1. The van der Waals surface area contributed by atoms with Gasteiger partial charge in [0.2, 0.25) is 0 Å². The smallest absolute Gasteiger partial charge is 0.262 e. The number of sulfone groups is 1. The Labute approximate surface area is 172 Å². The molecule has 12 heteroatoms. The van der Waals surface area contributed by atoms with Crippen molar-refractivity contribution in [2.24, 2.45) is 0 Å². The van der Waals surface area contributed by atoms with Crippen LogP contribution in [0, 0.1) is 11.6 Å². The van der Waals surface area contributed by atoms with Crippen molar-refractivity contribution >= 4 is 31.5 Å². The van der Waals surface area contributed by atoms with E-state index < -0.39 is 48.3 Å². The lowest BCUT2D eigenvalue weighted by Crippen LogP contribution is -2.35. The molecule has 1 unspecified atom stereocenters. The van der Waals surface area contributed by atoms with Crippen LogP contribution in [0.4, 0.5) is 14.5 Å². The van der Waals surface area contributed by atoms with E-state index in [9.17, 15) is 30.4 Å². The highest BCUT2D eigenvalue weighted by Crippen LogP contribution is 2.28. The number of hydrogen-bond donors (Lipinski definition) is 2. The van der Waals surface area contributed by atoms with Gasteiger partial charge in [0.15, 0.2) is 21.5 Å². The van der Waals surface area contributed by atoms with Crippen molar-refractivity contribution in [2.75, 3.05) is 23.3 Å². The zero-order valence-corrected chi connectivity index (χ0v) is 17.3. The van der Waals surface area contributed by atoms with Crippen molar-refractivity contribution in [1.82, 2.24) is 5.32 Å². The van der Waals surface area contributed by atoms with Gasteiger partial charge in [0.1, 0.15) is 5.75 Å². The van der Waals surface area contributed by atoms with Crippen LogP contribution in [-0.4, -0.2) is 47.4 Å². The molecule has 1 amide bonds. The fourth-order valence-corrected chi connectivity index (χ4v) is 5.70. The summed E-state index contributed by atoms with van der Waals surface area (Å²) < 4.78 is 82.0. The predicted octanol–water partition coefficient (Wildman–Crippen LogP) is 1.69. The van der Waals surface area contributed by atoms with Gasteiger partial charge in [-0.05, 0) is 42.8 Å². The summed E-state index contributed by atoms with van der Waals surface area (Å²) in [5.41, 5.74) is -0.0444. The van der Waals surface area contributed by atoms with Gasteiger partial charge < -0.3 is 10.1 Å². The Hall–Kier alpha value is -2.73. The highest BCUT2D eigenvalue weighted by Gasteiger charge is 2.29. The van der Waals surface area contributed by atoms with Crippen molar-refractivity contribution in [3.05, 3.63) is 53.6 Å². The fourth-order valence-electron chi connectivity index (χ4n) is 2.95. The first-order chi connectivity index (χ1) is 14.0. The number of carbonyl (C=O) groups is 1. The summed E-state index contributed by atoms with van der Waals surface area (Å²) in [4.78, 5) is 11.9. The lowest BCUT2D eigenvalue weighted by Gasteiger charge is -2.15. The maximum atomic E-state index is 13.4. The summed E-state index contributed by atoms with van der Waals surface area (Å²) in [7, 11) is -6.21. The summed E-state index contributed by atoms with van der Waals surface area (Å²) in [5.74, 6) is -3.21. The number of halogens is 2. The molecule has 0 spiro atoms. The summed E-state index contributed by atoms with van der Waals surface area (Å²) in [6.07, 6.45) is 0.292. The second-order valence-electron chi connectivity index (χ2n) is 6.67. The van der Waals surface area contributed by atoms with Crippen LogP contribution in [0.5, 0.6) is 5.75 Å². The third-order valence-corrected chi connectivity index (χ3v) is 7.61. The second-order valence-corrected chi connectivity index (χ2v) is 10.6. The van der Waals surface area contributed by atoms with E-state index in [2.05, 4.69) is 10.0 Å². The van der Waals surface area contributed by atoms with Gasteiger partial charge in [-0.15, -0.1) is 0 Å². The minimum Gasteiger partial charge on any atom is -0.495 e. The van der Waals surface area contributed by atoms with E-state index in [1.165, 1.54) is 25.3 Å². The minimum absolute atomic E-state index is 0.0140. The van der Waals surface area contributed by atoms with Gasteiger partial charge in [-0.3, -0.25) is 9.52 Å². The van der Waals surface area contributed by atoms with Crippen LogP contribution < -0.4 is 14.8 Å². The average molecular weight is 460 g/mol. The van der Waals surface area contributed by atoms with Gasteiger partial charge in [-0.1, -0.05) is 0 Å². The maximum absolute atomic E-state index is 13.4. The van der Waals surface area contributed by atoms with Crippen molar-refractivity contribution < 1.29 is 35.1 Å². The van der Waals surface area contributed by atoms with Gasteiger partial charge >= 0.3 is 0 Å². The standard InChI is InChI=1S/C18H18F2N2O6S2/c1-28-17-5-2-11(18(23)21-12-6-7-29(24,25)10-12)8-16(17)22-30(26,27)13-3-4-14(19)15(20)9-13/h2-5,8-9,12,22H,6-7,10H2,1H3,(H,21,23). The molecule has 1 atom stereocenters. The molecule has 0 aromatic heterocycles. The van der Waals surface area contributed by atoms with E-state index in [0.717, 1.165) is 6.07 Å². The molecule has 1 aliphatic heterocycles. The molecular formula is C18H18F2N2O6S2. The van der Waals surface area contributed by atoms with Gasteiger partial charge in [0.25, 0.3) is 15.9 Å². The number of sulfonamides is 1. The Morgan fingerprint density at radius 3 is 2.47 bits per heavy atom. The van der Waals surface area contributed by atoms with Gasteiger partial charge in [-0.25, -0.2) is 25.6 Å². The zero-order valence-electron chi connectivity index (χ0n) is 15.7. The van der Waals surface area contributed by atoms with Crippen LogP contribution in [0.25, 0.3) is 0 Å². The topological polar surface area (TPSA) is 119 Å². The number of ether oxygens (including phenoxy) is 1. The Morgan fingerprint density at radius 1 is 1.13 bits per heavy atom. The van der Waals surface area contributed by atoms with E-state index >= 15 is 0 Å². The van der Waals surface area contributed by atoms with Crippen molar-refractivity contribution in [3.8, 4) is 5.75 Å². The molecule has 1 fully saturated rings. The van der Waals surface area contributed by atoms with Gasteiger partial charge in [0, 0.05) is 11.6 Å². The first-order valence-electron chi connectivity index (χ1n) is 8.68. The van der Waals surface area contributed by atoms with Gasteiger partial charge in [-0.2, -0.15) is 0 Å². The molecule has 0 aliphatic carbocycles. The Bertz CT molecular complexity index is 1200. The predicted molar refractivity (Wildman–Crippen MR) is 105 cm³/mol. The molecule has 162 valence electrons. The number of anilines is 1. The lowest BCUT2D eigenvalue weighted by molar-refractivity contribution is 0.0941. The quantitative estimate of drug-likeness (QED) is 0.677. The van der Waals surface area contributed by atoms with E-state index in [-0.39, 0.29) is 28.5 Å². The minimum atomic E-state index is -4.31. The highest BCUT2D eigenvalue weighted by atomic mass is 32.2. The molecule has 2 aromatic rings. The highest BCUT2D eigenvalue weighted by molar-refractivity contribution is 7.92. The molecule has 30 heavy (non-hydrogen) atoms. The Morgan fingerprint density at radius 2 is 1.87 bits per heavy atom. The average Bonchev–Trinajstić information content (AvgIpc) is 3.01. The van der Waals surface area contributed by atoms with Crippen LogP contribution in [0.15, 0.2) is 41.3 Å². The number of nitrogens with one attached hydrogen (secondary N) is 2. The molecule has 0 radical (unpaired) electrons. The van der Waals surface area contributed by atoms with Crippen LogP contribution >= 0.6 is 0 Å². The first kappa shape index (κ1) is 22.0. The molecule has 0 saturated carbocycles. The summed E-state index contributed by atoms with van der Waals surface area (Å²) in [6.45, 7) is 0. The number of carbonyl (C=O) groups excluding carboxylic acids is 1. The van der Waals surface area contributed by atoms with Crippen LogP contribution in [0.2, 0.25) is 0 Å². The van der Waals surface area contributed by atoms with Crippen molar-refractivity contribution in [3.63, 3.8) is 0 Å². The summed E-state index contributed by atoms with van der Waals surface area (Å²) in [6, 6.07) is 5.50. The fraction of sp³-hybridized carbons (Fsp3) is 0.278. The zero-order chi connectivity index (χ0) is 22.1. The molecule has 2 aromatic carbocycles. The monoisotopic (exact) mass is 460 g/mol. The SMILES string of the molecule is COc1ccc(C(=O)NC2CCS(=O)(=O)C2)cc1NS(=O)(=O)c1ccc(F)c(F)c1. The number of amides is 1. The van der Waals surface area contributed by atoms with Crippen LogP contribution in [0.3, 0.4) is 0 Å². The Kier molecular flexibility index (Phi) is 5.99. The third-order valence-electron chi connectivity index (χ3n) is 4.48. The number of rotatable bonds is 6. The number of benzene rings is 2. The molecule has 2 N–H and O–H groups in total. The largest absolute Gasteiger partial charge is 0.495 e. The second kappa shape index (κ2) is 8.19. The summed E-state index contributed by atoms with van der Waals surface area (Å²) in [5, 5.41) is 2.60. The van der Waals surface area contributed by atoms with Crippen LogP contribution in [0.1, 0.15) is 16.8 Å². The van der Waals surface area contributed by atoms with E-state index in [1.54, 1.807) is 0 Å².